The van der Waals surface area contributed by atoms with Crippen molar-refractivity contribution in [1.29, 1.82) is 0 Å². The zero-order valence-corrected chi connectivity index (χ0v) is 11.8. The summed E-state index contributed by atoms with van der Waals surface area (Å²) in [5.41, 5.74) is 1.26. The molecule has 0 bridgehead atoms. The van der Waals surface area contributed by atoms with E-state index < -0.39 is 24.5 Å². The van der Waals surface area contributed by atoms with Crippen molar-refractivity contribution in [2.24, 2.45) is 5.92 Å². The highest BCUT2D eigenvalue weighted by atomic mass is 19.4. The number of alkyl halides is 3. The monoisotopic (exact) mass is 288 g/mol. The molecule has 1 atom stereocenters. The molecule has 1 aromatic carbocycles. The summed E-state index contributed by atoms with van der Waals surface area (Å²) in [6, 6.07) is 6.47. The van der Waals surface area contributed by atoms with Crippen LogP contribution in [-0.4, -0.2) is 18.8 Å². The first-order chi connectivity index (χ1) is 9.19. The van der Waals surface area contributed by atoms with Crippen LogP contribution in [-0.2, 0) is 9.53 Å². The normalized spacial score (nSPS) is 13.3. The standard InChI is InChI=1S/C15H19F3O2/c1-10(2)9-20-14(19)13(8-15(16,17)18)12-6-4-11(3)5-7-12/h4-7,10,13H,8-9H2,1-3H3. The Bertz CT molecular complexity index is 435. The molecule has 0 heterocycles. The number of esters is 1. The van der Waals surface area contributed by atoms with Gasteiger partial charge in [-0.1, -0.05) is 43.7 Å². The summed E-state index contributed by atoms with van der Waals surface area (Å²) in [6.07, 6.45) is -5.61. The van der Waals surface area contributed by atoms with Gasteiger partial charge in [0, 0.05) is 0 Å². The number of benzene rings is 1. The van der Waals surface area contributed by atoms with Crippen LogP contribution in [0.15, 0.2) is 24.3 Å². The van der Waals surface area contributed by atoms with Gasteiger partial charge >= 0.3 is 12.1 Å². The van der Waals surface area contributed by atoms with Gasteiger partial charge in [0.1, 0.15) is 0 Å². The van der Waals surface area contributed by atoms with Crippen molar-refractivity contribution in [2.45, 2.75) is 39.3 Å². The third-order valence-corrected chi connectivity index (χ3v) is 2.76. The van der Waals surface area contributed by atoms with Crippen molar-refractivity contribution in [3.8, 4) is 0 Å². The highest BCUT2D eigenvalue weighted by molar-refractivity contribution is 5.78. The third kappa shape index (κ3) is 5.63. The van der Waals surface area contributed by atoms with Gasteiger partial charge in [0.05, 0.1) is 18.9 Å². The summed E-state index contributed by atoms with van der Waals surface area (Å²) in [7, 11) is 0. The summed E-state index contributed by atoms with van der Waals surface area (Å²) in [4.78, 5) is 11.9. The minimum absolute atomic E-state index is 0.0866. The van der Waals surface area contributed by atoms with Crippen LogP contribution >= 0.6 is 0 Å². The van der Waals surface area contributed by atoms with E-state index in [1.165, 1.54) is 0 Å². The molecule has 0 aliphatic carbocycles. The van der Waals surface area contributed by atoms with Gasteiger partial charge in [-0.2, -0.15) is 13.2 Å². The van der Waals surface area contributed by atoms with Gasteiger partial charge in [-0.15, -0.1) is 0 Å². The SMILES string of the molecule is Cc1ccc(C(CC(F)(F)F)C(=O)OCC(C)C)cc1. The second-order valence-electron chi connectivity index (χ2n) is 5.31. The Morgan fingerprint density at radius 3 is 2.20 bits per heavy atom. The van der Waals surface area contributed by atoms with E-state index in [1.807, 2.05) is 20.8 Å². The maximum Gasteiger partial charge on any atom is 0.390 e. The molecular formula is C15H19F3O2. The van der Waals surface area contributed by atoms with Gasteiger partial charge in [0.15, 0.2) is 0 Å². The van der Waals surface area contributed by atoms with Crippen LogP contribution in [0.2, 0.25) is 0 Å². The van der Waals surface area contributed by atoms with Crippen LogP contribution in [0.5, 0.6) is 0 Å². The average molecular weight is 288 g/mol. The third-order valence-electron chi connectivity index (χ3n) is 2.76. The number of hydrogen-bond acceptors (Lipinski definition) is 2. The van der Waals surface area contributed by atoms with Crippen molar-refractivity contribution in [1.82, 2.24) is 0 Å². The highest BCUT2D eigenvalue weighted by Gasteiger charge is 2.37. The fraction of sp³-hybridized carbons (Fsp3) is 0.533. The second-order valence-corrected chi connectivity index (χ2v) is 5.31. The zero-order valence-electron chi connectivity index (χ0n) is 11.8. The molecular weight excluding hydrogens is 269 g/mol. The molecule has 20 heavy (non-hydrogen) atoms. The molecule has 0 saturated carbocycles. The number of rotatable bonds is 5. The summed E-state index contributed by atoms with van der Waals surface area (Å²) in [5, 5.41) is 0. The molecule has 0 N–H and O–H groups in total. The van der Waals surface area contributed by atoms with Crippen molar-refractivity contribution in [2.75, 3.05) is 6.61 Å². The van der Waals surface area contributed by atoms with E-state index in [4.69, 9.17) is 4.74 Å². The molecule has 0 saturated heterocycles. The molecule has 2 nitrogen and oxygen atoms in total. The predicted molar refractivity (Wildman–Crippen MR) is 70.4 cm³/mol. The number of ether oxygens (including phenoxy) is 1. The Kier molecular flexibility index (Phi) is 5.60. The smallest absolute Gasteiger partial charge is 0.390 e. The highest BCUT2D eigenvalue weighted by Crippen LogP contribution is 2.32. The Labute approximate surface area is 116 Å². The molecule has 1 rings (SSSR count). The molecule has 0 aliphatic heterocycles. The van der Waals surface area contributed by atoms with Gasteiger partial charge in [0.25, 0.3) is 0 Å². The van der Waals surface area contributed by atoms with Crippen LogP contribution in [0.3, 0.4) is 0 Å². The largest absolute Gasteiger partial charge is 0.465 e. The van der Waals surface area contributed by atoms with Crippen LogP contribution in [0.4, 0.5) is 13.2 Å². The number of aryl methyl sites for hydroxylation is 1. The van der Waals surface area contributed by atoms with Gasteiger partial charge in [-0.25, -0.2) is 0 Å². The summed E-state index contributed by atoms with van der Waals surface area (Å²) in [6.45, 7) is 5.62. The number of carbonyl (C=O) groups excluding carboxylic acids is 1. The van der Waals surface area contributed by atoms with E-state index in [2.05, 4.69) is 0 Å². The van der Waals surface area contributed by atoms with Crippen molar-refractivity contribution in [3.63, 3.8) is 0 Å². The molecule has 1 unspecified atom stereocenters. The fourth-order valence-corrected chi connectivity index (χ4v) is 1.72. The fourth-order valence-electron chi connectivity index (χ4n) is 1.72. The van der Waals surface area contributed by atoms with E-state index >= 15 is 0 Å². The number of hydrogen-bond donors (Lipinski definition) is 0. The van der Waals surface area contributed by atoms with Gasteiger partial charge in [0.2, 0.25) is 0 Å². The molecule has 1 aromatic rings. The quantitative estimate of drug-likeness (QED) is 0.758. The van der Waals surface area contributed by atoms with Crippen molar-refractivity contribution in [3.05, 3.63) is 35.4 Å². The van der Waals surface area contributed by atoms with E-state index in [0.29, 0.717) is 5.56 Å². The molecule has 112 valence electrons. The van der Waals surface area contributed by atoms with Gasteiger partial charge in [-0.05, 0) is 18.4 Å². The lowest BCUT2D eigenvalue weighted by Crippen LogP contribution is -2.24. The minimum atomic E-state index is -4.41. The summed E-state index contributed by atoms with van der Waals surface area (Å²) >= 11 is 0. The minimum Gasteiger partial charge on any atom is -0.465 e. The Hall–Kier alpha value is -1.52. The van der Waals surface area contributed by atoms with Crippen molar-refractivity contribution >= 4 is 5.97 Å². The lowest BCUT2D eigenvalue weighted by Gasteiger charge is -2.19. The van der Waals surface area contributed by atoms with E-state index in [9.17, 15) is 18.0 Å². The number of carbonyl (C=O) groups is 1. The topological polar surface area (TPSA) is 26.3 Å². The second kappa shape index (κ2) is 6.77. The van der Waals surface area contributed by atoms with Crippen LogP contribution < -0.4 is 0 Å². The summed E-state index contributed by atoms with van der Waals surface area (Å²) < 4.78 is 42.8. The maximum atomic E-state index is 12.6. The molecule has 5 heteroatoms. The number of halogens is 3. The Morgan fingerprint density at radius 1 is 1.20 bits per heavy atom. The van der Waals surface area contributed by atoms with E-state index in [0.717, 1.165) is 5.56 Å². The first-order valence-corrected chi connectivity index (χ1v) is 6.49. The van der Waals surface area contributed by atoms with Gasteiger partial charge in [-0.3, -0.25) is 4.79 Å². The molecule has 0 aliphatic rings. The van der Waals surface area contributed by atoms with Crippen molar-refractivity contribution < 1.29 is 22.7 Å². The van der Waals surface area contributed by atoms with E-state index in [1.54, 1.807) is 24.3 Å². The predicted octanol–water partition coefficient (Wildman–Crippen LogP) is 4.23. The zero-order chi connectivity index (χ0) is 15.3. The Balaban J connectivity index is 2.90. The van der Waals surface area contributed by atoms with Crippen LogP contribution in [0.1, 0.15) is 37.3 Å². The average Bonchev–Trinajstić information content (AvgIpc) is 2.33. The summed E-state index contributed by atoms with van der Waals surface area (Å²) in [5.74, 6) is -2.03. The lowest BCUT2D eigenvalue weighted by atomic mass is 9.94. The molecule has 0 amide bonds. The first-order valence-electron chi connectivity index (χ1n) is 6.49. The first kappa shape index (κ1) is 16.5. The molecule has 0 aromatic heterocycles. The molecule has 0 fully saturated rings. The maximum absolute atomic E-state index is 12.6. The van der Waals surface area contributed by atoms with Crippen LogP contribution in [0.25, 0.3) is 0 Å². The Morgan fingerprint density at radius 2 is 1.75 bits per heavy atom. The lowest BCUT2D eigenvalue weighted by molar-refractivity contribution is -0.162. The van der Waals surface area contributed by atoms with Crippen LogP contribution in [0, 0.1) is 12.8 Å². The van der Waals surface area contributed by atoms with E-state index in [-0.39, 0.29) is 12.5 Å². The van der Waals surface area contributed by atoms with Gasteiger partial charge < -0.3 is 4.74 Å². The molecule has 0 radical (unpaired) electrons. The molecule has 0 spiro atoms.